The molecular weight excluding hydrogens is 412 g/mol. The fourth-order valence-corrected chi connectivity index (χ4v) is 4.45. The molecule has 5 nitrogen and oxygen atoms in total. The summed E-state index contributed by atoms with van der Waals surface area (Å²) >= 11 is 0. The maximum absolute atomic E-state index is 13.4. The van der Waals surface area contributed by atoms with E-state index < -0.39 is 17.7 Å². The zero-order chi connectivity index (χ0) is 23.1. The Kier molecular flexibility index (Phi) is 5.02. The zero-order valence-corrected chi connectivity index (χ0v) is 18.3. The van der Waals surface area contributed by atoms with Gasteiger partial charge >= 0.3 is 0 Å². The molecule has 1 unspecified atom stereocenters. The third-order valence-electron chi connectivity index (χ3n) is 6.08. The third-order valence-corrected chi connectivity index (χ3v) is 6.08. The van der Waals surface area contributed by atoms with E-state index in [4.69, 9.17) is 0 Å². The molecule has 4 aromatic rings. The summed E-state index contributed by atoms with van der Waals surface area (Å²) in [4.78, 5) is 32.7. The molecule has 1 saturated heterocycles. The number of aliphatic hydroxyl groups excluding tert-OH is 1. The lowest BCUT2D eigenvalue weighted by Gasteiger charge is -2.26. The minimum atomic E-state index is -0.842. The van der Waals surface area contributed by atoms with E-state index in [9.17, 15) is 14.7 Å². The van der Waals surface area contributed by atoms with Gasteiger partial charge in [-0.15, -0.1) is 0 Å². The number of nitrogens with zero attached hydrogens (tertiary/aromatic N) is 2. The Morgan fingerprint density at radius 2 is 1.67 bits per heavy atom. The Balaban J connectivity index is 1.80. The molecule has 2 heterocycles. The van der Waals surface area contributed by atoms with Crippen molar-refractivity contribution in [2.75, 3.05) is 4.90 Å². The first-order chi connectivity index (χ1) is 16.0. The number of aliphatic hydroxyl groups is 1. The first-order valence-corrected chi connectivity index (χ1v) is 10.7. The lowest BCUT2D eigenvalue weighted by Crippen LogP contribution is -2.30. The van der Waals surface area contributed by atoms with Gasteiger partial charge in [0.2, 0.25) is 0 Å². The molecule has 1 atom stereocenters. The zero-order valence-electron chi connectivity index (χ0n) is 18.3. The molecule has 1 aliphatic heterocycles. The van der Waals surface area contributed by atoms with Crippen molar-refractivity contribution < 1.29 is 14.7 Å². The van der Waals surface area contributed by atoms with Crippen LogP contribution in [0.4, 0.5) is 5.69 Å². The lowest BCUT2D eigenvalue weighted by atomic mass is 9.95. The van der Waals surface area contributed by atoms with Gasteiger partial charge < -0.3 is 5.11 Å². The molecule has 3 aromatic carbocycles. The van der Waals surface area contributed by atoms with Crippen molar-refractivity contribution in [1.29, 1.82) is 0 Å². The number of benzene rings is 3. The molecule has 1 N–H and O–H groups in total. The van der Waals surface area contributed by atoms with Crippen molar-refractivity contribution in [2.24, 2.45) is 0 Å². The van der Waals surface area contributed by atoms with Gasteiger partial charge in [-0.2, -0.15) is 0 Å². The molecule has 0 bridgehead atoms. The van der Waals surface area contributed by atoms with Crippen LogP contribution < -0.4 is 4.90 Å². The second-order valence-corrected chi connectivity index (χ2v) is 8.24. The van der Waals surface area contributed by atoms with E-state index in [2.05, 4.69) is 4.98 Å². The first kappa shape index (κ1) is 20.6. The molecular formula is C28H22N2O3. The van der Waals surface area contributed by atoms with E-state index in [1.54, 1.807) is 24.4 Å². The summed E-state index contributed by atoms with van der Waals surface area (Å²) in [6.45, 7) is 3.83. The Labute approximate surface area is 191 Å². The number of rotatable bonds is 3. The molecule has 0 aliphatic carbocycles. The second kappa shape index (κ2) is 8.02. The molecule has 0 spiro atoms. The number of carbonyl (C=O) groups excluding carboxylic acids is 2. The predicted molar refractivity (Wildman–Crippen MR) is 129 cm³/mol. The Bertz CT molecular complexity index is 1440. The summed E-state index contributed by atoms with van der Waals surface area (Å²) < 4.78 is 0. The van der Waals surface area contributed by atoms with Crippen molar-refractivity contribution in [2.45, 2.75) is 19.9 Å². The molecule has 1 aromatic heterocycles. The summed E-state index contributed by atoms with van der Waals surface area (Å²) in [6.07, 6.45) is 1.62. The van der Waals surface area contributed by atoms with Crippen LogP contribution in [0.3, 0.4) is 0 Å². The molecule has 5 heteroatoms. The van der Waals surface area contributed by atoms with E-state index >= 15 is 0 Å². The molecule has 5 rings (SSSR count). The van der Waals surface area contributed by atoms with Gasteiger partial charge in [-0.05, 0) is 53.9 Å². The Morgan fingerprint density at radius 3 is 2.45 bits per heavy atom. The SMILES string of the molecule is Cc1ccc(C)c(N2C(=O)C(=O)/C(=C(\O)c3cccc4ccccc34)C2c2ccccn2)c1. The van der Waals surface area contributed by atoms with E-state index in [0.717, 1.165) is 21.9 Å². The predicted octanol–water partition coefficient (Wildman–Crippen LogP) is 5.48. The third kappa shape index (κ3) is 3.38. The highest BCUT2D eigenvalue weighted by Gasteiger charge is 2.48. The normalized spacial score (nSPS) is 17.6. The van der Waals surface area contributed by atoms with Crippen molar-refractivity contribution in [3.63, 3.8) is 0 Å². The summed E-state index contributed by atoms with van der Waals surface area (Å²) in [5, 5.41) is 13.2. The van der Waals surface area contributed by atoms with Crippen LogP contribution in [0.1, 0.15) is 28.4 Å². The number of hydrogen-bond donors (Lipinski definition) is 1. The van der Waals surface area contributed by atoms with Crippen LogP contribution in [0.5, 0.6) is 0 Å². The highest BCUT2D eigenvalue weighted by Crippen LogP contribution is 2.43. The van der Waals surface area contributed by atoms with E-state index in [1.165, 1.54) is 4.90 Å². The van der Waals surface area contributed by atoms with Crippen molar-refractivity contribution in [3.8, 4) is 0 Å². The Hall–Kier alpha value is -4.25. The number of hydrogen-bond acceptors (Lipinski definition) is 4. The number of amides is 1. The molecule has 162 valence electrons. The standard InChI is InChI=1S/C28H22N2O3/c1-17-13-14-18(2)23(16-17)30-25(22-12-5-6-15-29-22)24(27(32)28(30)33)26(31)21-11-7-9-19-8-3-4-10-20(19)21/h3-16,25,31H,1-2H3/b26-24-. The molecule has 1 amide bonds. The summed E-state index contributed by atoms with van der Waals surface area (Å²) in [6, 6.07) is 23.4. The number of fused-ring (bicyclic) bond motifs is 1. The van der Waals surface area contributed by atoms with Crippen LogP contribution in [0.25, 0.3) is 16.5 Å². The quantitative estimate of drug-likeness (QED) is 0.263. The number of anilines is 1. The minimum Gasteiger partial charge on any atom is -0.507 e. The van der Waals surface area contributed by atoms with Gasteiger partial charge in [0, 0.05) is 17.4 Å². The van der Waals surface area contributed by atoms with Gasteiger partial charge in [0.1, 0.15) is 11.8 Å². The summed E-state index contributed by atoms with van der Waals surface area (Å²) in [5.74, 6) is -1.60. The van der Waals surface area contributed by atoms with Crippen molar-refractivity contribution >= 4 is 33.9 Å². The van der Waals surface area contributed by atoms with Crippen LogP contribution in [-0.2, 0) is 9.59 Å². The first-order valence-electron chi connectivity index (χ1n) is 10.7. The molecule has 1 aliphatic rings. The van der Waals surface area contributed by atoms with E-state index in [1.807, 2.05) is 74.5 Å². The monoisotopic (exact) mass is 434 g/mol. The fourth-order valence-electron chi connectivity index (χ4n) is 4.45. The number of carbonyl (C=O) groups is 2. The van der Waals surface area contributed by atoms with Gasteiger partial charge in [-0.25, -0.2) is 0 Å². The number of Topliss-reactive ketones (excluding diaryl/α,β-unsaturated/α-hetero) is 1. The van der Waals surface area contributed by atoms with Crippen molar-refractivity contribution in [1.82, 2.24) is 4.98 Å². The average Bonchev–Trinajstić information content (AvgIpc) is 3.10. The van der Waals surface area contributed by atoms with E-state index in [-0.39, 0.29) is 11.3 Å². The van der Waals surface area contributed by atoms with Crippen LogP contribution in [0.2, 0.25) is 0 Å². The molecule has 0 radical (unpaired) electrons. The maximum Gasteiger partial charge on any atom is 0.300 e. The maximum atomic E-state index is 13.4. The molecule has 1 fully saturated rings. The van der Waals surface area contributed by atoms with E-state index in [0.29, 0.717) is 16.9 Å². The number of ketones is 1. The molecule has 33 heavy (non-hydrogen) atoms. The van der Waals surface area contributed by atoms with Gasteiger partial charge in [0.15, 0.2) is 0 Å². The smallest absolute Gasteiger partial charge is 0.300 e. The Morgan fingerprint density at radius 1 is 0.909 bits per heavy atom. The largest absolute Gasteiger partial charge is 0.507 e. The number of aryl methyl sites for hydroxylation is 2. The topological polar surface area (TPSA) is 70.5 Å². The van der Waals surface area contributed by atoms with Gasteiger partial charge in [0.05, 0.1) is 11.3 Å². The van der Waals surface area contributed by atoms with Gasteiger partial charge in [-0.1, -0.05) is 60.7 Å². The summed E-state index contributed by atoms with van der Waals surface area (Å²) in [7, 11) is 0. The highest BCUT2D eigenvalue weighted by atomic mass is 16.3. The number of pyridine rings is 1. The fraction of sp³-hybridized carbons (Fsp3) is 0.107. The molecule has 0 saturated carbocycles. The second-order valence-electron chi connectivity index (χ2n) is 8.24. The lowest BCUT2D eigenvalue weighted by molar-refractivity contribution is -0.132. The van der Waals surface area contributed by atoms with Gasteiger partial charge in [0.25, 0.3) is 11.7 Å². The van der Waals surface area contributed by atoms with Crippen molar-refractivity contribution in [3.05, 3.63) is 113 Å². The van der Waals surface area contributed by atoms with Crippen LogP contribution >= 0.6 is 0 Å². The average molecular weight is 434 g/mol. The number of aromatic nitrogens is 1. The van der Waals surface area contributed by atoms with Crippen LogP contribution in [0.15, 0.2) is 90.6 Å². The minimum absolute atomic E-state index is 0.0379. The summed E-state index contributed by atoms with van der Waals surface area (Å²) in [5.41, 5.74) is 3.51. The van der Waals surface area contributed by atoms with Crippen LogP contribution in [-0.4, -0.2) is 21.8 Å². The highest BCUT2D eigenvalue weighted by molar-refractivity contribution is 6.52. The van der Waals surface area contributed by atoms with Crippen LogP contribution in [0, 0.1) is 13.8 Å². The van der Waals surface area contributed by atoms with Gasteiger partial charge in [-0.3, -0.25) is 19.5 Å².